The Labute approximate surface area is 177 Å². The molecular weight excluding hydrogens is 426 g/mol. The number of carbonyl (C=O) groups excluding carboxylic acids is 2. The summed E-state index contributed by atoms with van der Waals surface area (Å²) in [4.78, 5) is 24.8. The monoisotopic (exact) mass is 455 g/mol. The molecule has 28 heavy (non-hydrogen) atoms. The number of halogens is 1. The first kappa shape index (κ1) is 22.8. The summed E-state index contributed by atoms with van der Waals surface area (Å²) in [7, 11) is 3.34. The Bertz CT molecular complexity index is 679. The smallest absolute Gasteiger partial charge is 0.361 e. The molecule has 1 aliphatic heterocycles. The van der Waals surface area contributed by atoms with E-state index in [-0.39, 0.29) is 41.5 Å². The van der Waals surface area contributed by atoms with E-state index in [4.69, 9.17) is 9.47 Å². The van der Waals surface area contributed by atoms with Crippen LogP contribution in [0.2, 0.25) is 0 Å². The Morgan fingerprint density at radius 3 is 2.43 bits per heavy atom. The van der Waals surface area contributed by atoms with Gasteiger partial charge >= 0.3 is 11.9 Å². The minimum atomic E-state index is -1.61. The van der Waals surface area contributed by atoms with Gasteiger partial charge in [-0.1, -0.05) is 43.2 Å². The van der Waals surface area contributed by atoms with Crippen molar-refractivity contribution >= 4 is 11.9 Å². The van der Waals surface area contributed by atoms with Gasteiger partial charge in [0.05, 0.1) is 20.7 Å². The van der Waals surface area contributed by atoms with Crippen molar-refractivity contribution in [1.82, 2.24) is 0 Å². The molecule has 3 rings (SSSR count). The van der Waals surface area contributed by atoms with Crippen LogP contribution in [0.5, 0.6) is 0 Å². The summed E-state index contributed by atoms with van der Waals surface area (Å²) in [5.74, 6) is -0.946. The lowest BCUT2D eigenvalue weighted by Gasteiger charge is -2.33. The first-order valence-corrected chi connectivity index (χ1v) is 9.77. The standard InChI is InChI=1S/C21H30NO5.BrH/c1-22(15-19(23)26-2)13-12-18(14-22)27-20(24)21(25,17-10-6-7-11-17)16-8-4-3-5-9-16;/h3-5,8-9,17-18,25H,6-7,10-15H2,1-2H3;1H/q+1;/p-1/t18?,21-,22?;/m0./s1. The number of ether oxygens (including phenoxy) is 2. The van der Waals surface area contributed by atoms with Gasteiger partial charge in [-0.2, -0.15) is 0 Å². The van der Waals surface area contributed by atoms with Crippen molar-refractivity contribution in [3.63, 3.8) is 0 Å². The number of hydrogen-bond acceptors (Lipinski definition) is 5. The summed E-state index contributed by atoms with van der Waals surface area (Å²) in [6.45, 7) is 1.55. The Hall–Kier alpha value is -1.44. The molecule has 6 nitrogen and oxygen atoms in total. The summed E-state index contributed by atoms with van der Waals surface area (Å²) in [6, 6.07) is 9.14. The molecule has 1 aromatic carbocycles. The van der Waals surface area contributed by atoms with Crippen molar-refractivity contribution in [1.29, 1.82) is 0 Å². The molecule has 1 N–H and O–H groups in total. The third-order valence-electron chi connectivity index (χ3n) is 6.12. The minimum Gasteiger partial charge on any atom is -1.00 e. The maximum absolute atomic E-state index is 13.1. The van der Waals surface area contributed by atoms with E-state index < -0.39 is 11.6 Å². The van der Waals surface area contributed by atoms with Crippen LogP contribution in [-0.2, 0) is 24.7 Å². The zero-order valence-corrected chi connectivity index (χ0v) is 18.2. The largest absolute Gasteiger partial charge is 1.00 e. The van der Waals surface area contributed by atoms with Crippen molar-refractivity contribution in [3.05, 3.63) is 35.9 Å². The zero-order chi connectivity index (χ0) is 19.5. The molecule has 2 aliphatic rings. The van der Waals surface area contributed by atoms with Gasteiger partial charge in [0.1, 0.15) is 6.54 Å². The molecule has 0 aromatic heterocycles. The number of benzene rings is 1. The quantitative estimate of drug-likeness (QED) is 0.440. The van der Waals surface area contributed by atoms with Crippen LogP contribution in [0.4, 0.5) is 0 Å². The summed E-state index contributed by atoms with van der Waals surface area (Å²) in [5, 5.41) is 11.5. The van der Waals surface area contributed by atoms with Crippen LogP contribution in [0.3, 0.4) is 0 Å². The summed E-state index contributed by atoms with van der Waals surface area (Å²) in [6.07, 6.45) is 4.05. The molecule has 2 unspecified atom stereocenters. The van der Waals surface area contributed by atoms with Crippen LogP contribution in [0.15, 0.2) is 30.3 Å². The fraction of sp³-hybridized carbons (Fsp3) is 0.619. The highest BCUT2D eigenvalue weighted by molar-refractivity contribution is 5.81. The molecule has 0 radical (unpaired) electrons. The van der Waals surface area contributed by atoms with E-state index in [0.29, 0.717) is 23.0 Å². The SMILES string of the molecule is COC(=O)C[N+]1(C)CCC(OC(=O)[C@](O)(c2ccccc2)C2CCCC2)C1.[Br-]. The van der Waals surface area contributed by atoms with Crippen LogP contribution < -0.4 is 17.0 Å². The van der Waals surface area contributed by atoms with Gasteiger partial charge in [0, 0.05) is 12.3 Å². The van der Waals surface area contributed by atoms with E-state index in [9.17, 15) is 14.7 Å². The number of aliphatic hydroxyl groups is 1. The van der Waals surface area contributed by atoms with Gasteiger partial charge in [-0.3, -0.25) is 0 Å². The minimum absolute atomic E-state index is 0. The molecule has 1 aliphatic carbocycles. The average molecular weight is 456 g/mol. The van der Waals surface area contributed by atoms with E-state index in [1.165, 1.54) is 7.11 Å². The van der Waals surface area contributed by atoms with E-state index >= 15 is 0 Å². The predicted molar refractivity (Wildman–Crippen MR) is 99.6 cm³/mol. The molecule has 7 heteroatoms. The highest BCUT2D eigenvalue weighted by Crippen LogP contribution is 2.42. The molecule has 1 saturated carbocycles. The number of likely N-dealkylation sites (tertiary alicyclic amines) is 1. The molecule has 0 bridgehead atoms. The third kappa shape index (κ3) is 4.75. The van der Waals surface area contributed by atoms with E-state index in [1.54, 1.807) is 12.1 Å². The fourth-order valence-corrected chi connectivity index (χ4v) is 4.54. The number of quaternary nitrogens is 1. The van der Waals surface area contributed by atoms with Gasteiger partial charge in [-0.25, -0.2) is 9.59 Å². The maximum Gasteiger partial charge on any atom is 0.361 e. The molecule has 0 spiro atoms. The third-order valence-corrected chi connectivity index (χ3v) is 6.12. The Morgan fingerprint density at radius 1 is 1.18 bits per heavy atom. The van der Waals surface area contributed by atoms with Crippen LogP contribution in [0.1, 0.15) is 37.7 Å². The Balaban J connectivity index is 0.00000280. The van der Waals surface area contributed by atoms with Crippen LogP contribution >= 0.6 is 0 Å². The highest BCUT2D eigenvalue weighted by Gasteiger charge is 2.49. The van der Waals surface area contributed by atoms with Crippen LogP contribution in [-0.4, -0.2) is 61.4 Å². The number of methoxy groups -OCH3 is 1. The maximum atomic E-state index is 13.1. The molecular formula is C21H30BrNO5. The average Bonchev–Trinajstić information content (AvgIpc) is 3.32. The highest BCUT2D eigenvalue weighted by atomic mass is 79.9. The predicted octanol–water partition coefficient (Wildman–Crippen LogP) is -0.996. The van der Waals surface area contributed by atoms with Crippen LogP contribution in [0, 0.1) is 5.92 Å². The number of rotatable bonds is 6. The van der Waals surface area contributed by atoms with E-state index in [2.05, 4.69) is 0 Å². The Morgan fingerprint density at radius 2 is 1.82 bits per heavy atom. The first-order valence-electron chi connectivity index (χ1n) is 9.77. The second-order valence-electron chi connectivity index (χ2n) is 8.19. The van der Waals surface area contributed by atoms with Gasteiger partial charge < -0.3 is 36.0 Å². The van der Waals surface area contributed by atoms with Crippen molar-refractivity contribution in [2.75, 3.05) is 33.8 Å². The van der Waals surface area contributed by atoms with Crippen molar-refractivity contribution in [2.24, 2.45) is 5.92 Å². The summed E-state index contributed by atoms with van der Waals surface area (Å²) < 4.78 is 11.1. The van der Waals surface area contributed by atoms with E-state index in [0.717, 1.165) is 32.2 Å². The molecule has 1 heterocycles. The number of likely N-dealkylation sites (N-methyl/N-ethyl adjacent to an activating group) is 1. The van der Waals surface area contributed by atoms with Gasteiger partial charge in [0.25, 0.3) is 0 Å². The molecule has 156 valence electrons. The van der Waals surface area contributed by atoms with Crippen molar-refractivity contribution < 1.29 is 45.6 Å². The van der Waals surface area contributed by atoms with E-state index in [1.807, 2.05) is 25.2 Å². The summed E-state index contributed by atoms with van der Waals surface area (Å²) >= 11 is 0. The van der Waals surface area contributed by atoms with Crippen molar-refractivity contribution in [2.45, 2.75) is 43.8 Å². The summed E-state index contributed by atoms with van der Waals surface area (Å²) in [5.41, 5.74) is -1.00. The van der Waals surface area contributed by atoms with Gasteiger partial charge in [-0.05, 0) is 18.4 Å². The van der Waals surface area contributed by atoms with Gasteiger partial charge in [0.2, 0.25) is 0 Å². The first-order chi connectivity index (χ1) is 12.9. The number of carbonyl (C=O) groups is 2. The molecule has 1 aromatic rings. The lowest BCUT2D eigenvalue weighted by atomic mass is 9.80. The lowest BCUT2D eigenvalue weighted by molar-refractivity contribution is -0.891. The number of hydrogen-bond donors (Lipinski definition) is 1. The second-order valence-corrected chi connectivity index (χ2v) is 8.19. The second kappa shape index (κ2) is 9.37. The van der Waals surface area contributed by atoms with Gasteiger partial charge in [-0.15, -0.1) is 0 Å². The molecule has 0 amide bonds. The van der Waals surface area contributed by atoms with Crippen LogP contribution in [0.25, 0.3) is 0 Å². The number of nitrogens with zero attached hydrogens (tertiary/aromatic N) is 1. The zero-order valence-electron chi connectivity index (χ0n) is 16.6. The fourth-order valence-electron chi connectivity index (χ4n) is 4.54. The topological polar surface area (TPSA) is 72.8 Å². The lowest BCUT2D eigenvalue weighted by Crippen LogP contribution is -3.00. The number of esters is 2. The molecule has 1 saturated heterocycles. The Kier molecular flexibility index (Phi) is 7.65. The van der Waals surface area contributed by atoms with Crippen molar-refractivity contribution in [3.8, 4) is 0 Å². The normalized spacial score (nSPS) is 26.9. The molecule has 2 fully saturated rings. The van der Waals surface area contributed by atoms with Gasteiger partial charge in [0.15, 0.2) is 18.2 Å². The molecule has 3 atom stereocenters.